The maximum absolute atomic E-state index is 13.0. The Morgan fingerprint density at radius 3 is 2.39 bits per heavy atom. The second kappa shape index (κ2) is 8.50. The molecule has 7 nitrogen and oxygen atoms in total. The van der Waals surface area contributed by atoms with Gasteiger partial charge in [-0.05, 0) is 68.5 Å². The van der Waals surface area contributed by atoms with Gasteiger partial charge in [0.15, 0.2) is 5.76 Å². The third-order valence-electron chi connectivity index (χ3n) is 5.16. The Hall–Kier alpha value is -4.00. The molecule has 1 aromatic heterocycles. The summed E-state index contributed by atoms with van der Waals surface area (Å²) in [4.78, 5) is 25.5. The predicted octanol–water partition coefficient (Wildman–Crippen LogP) is 6.33. The quantitative estimate of drug-likeness (QED) is 0.318. The molecule has 0 fully saturated rings. The van der Waals surface area contributed by atoms with Crippen LogP contribution in [0.2, 0.25) is 0 Å². The average Bonchev–Trinajstić information content (AvgIpc) is 3.16. The van der Waals surface area contributed by atoms with E-state index in [-0.39, 0.29) is 5.76 Å². The van der Waals surface area contributed by atoms with Crippen molar-refractivity contribution in [1.29, 1.82) is 0 Å². The molecule has 0 unspecified atom stereocenters. The second-order valence-corrected chi connectivity index (χ2v) is 8.84. The zero-order valence-corrected chi connectivity index (χ0v) is 19.1. The highest BCUT2D eigenvalue weighted by atomic mass is 16.6. The molecule has 0 saturated heterocycles. The number of rotatable bonds is 4. The van der Waals surface area contributed by atoms with Crippen LogP contribution < -0.4 is 16.4 Å². The smallest absolute Gasteiger partial charge is 0.412 e. The molecule has 2 amide bonds. The first-order chi connectivity index (χ1) is 15.6. The highest BCUT2D eigenvalue weighted by Crippen LogP contribution is 2.34. The van der Waals surface area contributed by atoms with E-state index in [0.29, 0.717) is 29.1 Å². The fourth-order valence-corrected chi connectivity index (χ4v) is 3.80. The summed E-state index contributed by atoms with van der Waals surface area (Å²) in [5.41, 5.74) is 8.46. The van der Waals surface area contributed by atoms with Crippen LogP contribution in [0.5, 0.6) is 0 Å². The fraction of sp³-hybridized carbons (Fsp3) is 0.231. The molecule has 0 aliphatic heterocycles. The van der Waals surface area contributed by atoms with Gasteiger partial charge in [-0.25, -0.2) is 4.79 Å². The molecule has 170 valence electrons. The molecule has 0 aliphatic rings. The molecule has 0 aliphatic carbocycles. The van der Waals surface area contributed by atoms with Gasteiger partial charge in [0.1, 0.15) is 11.2 Å². The van der Waals surface area contributed by atoms with E-state index in [0.717, 1.165) is 21.7 Å². The summed E-state index contributed by atoms with van der Waals surface area (Å²) in [6, 6.07) is 16.3. The predicted molar refractivity (Wildman–Crippen MR) is 132 cm³/mol. The number of anilines is 3. The number of benzene rings is 3. The van der Waals surface area contributed by atoms with Crippen LogP contribution in [0.15, 0.2) is 59.0 Å². The summed E-state index contributed by atoms with van der Waals surface area (Å²) in [5, 5.41) is 8.32. The van der Waals surface area contributed by atoms with Crippen LogP contribution in [0.25, 0.3) is 21.7 Å². The summed E-state index contributed by atoms with van der Waals surface area (Å²) in [5.74, 6) is -0.217. The Morgan fingerprint density at radius 2 is 1.70 bits per heavy atom. The zero-order valence-electron chi connectivity index (χ0n) is 19.1. The number of aryl methyl sites for hydroxylation is 1. The molecule has 0 radical (unpaired) electrons. The van der Waals surface area contributed by atoms with Crippen LogP contribution in [-0.4, -0.2) is 17.6 Å². The van der Waals surface area contributed by atoms with Crippen molar-refractivity contribution in [1.82, 2.24) is 0 Å². The molecule has 0 bridgehead atoms. The molecular formula is C26H27N3O4. The van der Waals surface area contributed by atoms with E-state index >= 15 is 0 Å². The Morgan fingerprint density at radius 1 is 0.970 bits per heavy atom. The van der Waals surface area contributed by atoms with E-state index in [9.17, 15) is 9.59 Å². The highest BCUT2D eigenvalue weighted by Gasteiger charge is 2.20. The summed E-state index contributed by atoms with van der Waals surface area (Å²) in [6.45, 7) is 7.43. The number of nitrogens with two attached hydrogens (primary N) is 1. The topological polar surface area (TPSA) is 107 Å². The Labute approximate surface area is 191 Å². The van der Waals surface area contributed by atoms with Crippen molar-refractivity contribution in [3.8, 4) is 0 Å². The summed E-state index contributed by atoms with van der Waals surface area (Å²) in [7, 11) is 0. The van der Waals surface area contributed by atoms with Gasteiger partial charge >= 0.3 is 6.09 Å². The minimum Gasteiger partial charge on any atom is -0.451 e. The third kappa shape index (κ3) is 4.77. The van der Waals surface area contributed by atoms with Crippen LogP contribution in [0.3, 0.4) is 0 Å². The minimum absolute atomic E-state index is 0.174. The van der Waals surface area contributed by atoms with E-state index in [2.05, 4.69) is 10.6 Å². The fourth-order valence-electron chi connectivity index (χ4n) is 3.80. The standard InChI is InChI=1S/C26H27N3O4/c1-5-17-18-8-6-7-9-19(18)21(29-25(31)33-26(2,3)4)14-20(17)28-24(30)23-13-15-12-16(27)10-11-22(15)32-23/h6-14H,5,27H2,1-4H3,(H,28,30)(H,29,31). The average molecular weight is 446 g/mol. The number of nitrogens with one attached hydrogen (secondary N) is 2. The maximum Gasteiger partial charge on any atom is 0.412 e. The van der Waals surface area contributed by atoms with E-state index in [1.54, 1.807) is 51.1 Å². The summed E-state index contributed by atoms with van der Waals surface area (Å²) < 4.78 is 11.1. The molecular weight excluding hydrogens is 418 g/mol. The molecule has 4 N–H and O–H groups in total. The van der Waals surface area contributed by atoms with Crippen molar-refractivity contribution in [2.24, 2.45) is 0 Å². The van der Waals surface area contributed by atoms with Gasteiger partial charge in [0.05, 0.1) is 5.69 Å². The lowest BCUT2D eigenvalue weighted by atomic mass is 9.98. The van der Waals surface area contributed by atoms with E-state index in [4.69, 9.17) is 14.9 Å². The van der Waals surface area contributed by atoms with Gasteiger partial charge in [0.25, 0.3) is 5.91 Å². The first-order valence-electron chi connectivity index (χ1n) is 10.8. The maximum atomic E-state index is 13.0. The normalized spacial score (nSPS) is 11.5. The second-order valence-electron chi connectivity index (χ2n) is 8.84. The lowest BCUT2D eigenvalue weighted by molar-refractivity contribution is 0.0636. The molecule has 7 heteroatoms. The van der Waals surface area contributed by atoms with Gasteiger partial charge in [-0.3, -0.25) is 10.1 Å². The van der Waals surface area contributed by atoms with E-state index in [1.807, 2.05) is 31.2 Å². The van der Waals surface area contributed by atoms with Crippen molar-refractivity contribution in [2.75, 3.05) is 16.4 Å². The number of nitrogen functional groups attached to an aromatic ring is 1. The molecule has 1 heterocycles. The first kappa shape index (κ1) is 22.2. The highest BCUT2D eigenvalue weighted by molar-refractivity contribution is 6.10. The van der Waals surface area contributed by atoms with Gasteiger partial charge in [-0.1, -0.05) is 31.2 Å². The number of amides is 2. The van der Waals surface area contributed by atoms with Crippen LogP contribution in [-0.2, 0) is 11.2 Å². The third-order valence-corrected chi connectivity index (χ3v) is 5.16. The molecule has 4 aromatic rings. The number of ether oxygens (including phenoxy) is 1. The van der Waals surface area contributed by atoms with Gasteiger partial charge in [-0.15, -0.1) is 0 Å². The van der Waals surface area contributed by atoms with Crippen LogP contribution in [0.1, 0.15) is 43.8 Å². The number of fused-ring (bicyclic) bond motifs is 2. The monoisotopic (exact) mass is 445 g/mol. The van der Waals surface area contributed by atoms with Gasteiger partial charge in [0.2, 0.25) is 0 Å². The molecule has 0 spiro atoms. The van der Waals surface area contributed by atoms with Crippen LogP contribution in [0.4, 0.5) is 21.9 Å². The van der Waals surface area contributed by atoms with E-state index in [1.165, 1.54) is 0 Å². The Bertz CT molecular complexity index is 1370. The van der Waals surface area contributed by atoms with E-state index < -0.39 is 17.6 Å². The zero-order chi connectivity index (χ0) is 23.8. The van der Waals surface area contributed by atoms with Crippen molar-refractivity contribution < 1.29 is 18.7 Å². The largest absolute Gasteiger partial charge is 0.451 e. The molecule has 33 heavy (non-hydrogen) atoms. The summed E-state index contributed by atoms with van der Waals surface area (Å²) in [6.07, 6.45) is 0.114. The van der Waals surface area contributed by atoms with Crippen molar-refractivity contribution in [2.45, 2.75) is 39.7 Å². The number of carbonyl (C=O) groups is 2. The molecule has 0 atom stereocenters. The lowest BCUT2D eigenvalue weighted by Crippen LogP contribution is -2.27. The Kier molecular flexibility index (Phi) is 5.72. The molecule has 0 saturated carbocycles. The van der Waals surface area contributed by atoms with Gasteiger partial charge < -0.3 is 20.2 Å². The van der Waals surface area contributed by atoms with Crippen molar-refractivity contribution >= 4 is 50.8 Å². The number of carbonyl (C=O) groups excluding carboxylic acids is 2. The summed E-state index contributed by atoms with van der Waals surface area (Å²) >= 11 is 0. The SMILES string of the molecule is CCc1c(NC(=O)c2cc3cc(N)ccc3o2)cc(NC(=O)OC(C)(C)C)c2ccccc12. The van der Waals surface area contributed by atoms with Gasteiger partial charge in [-0.2, -0.15) is 0 Å². The molecule has 4 rings (SSSR count). The number of furan rings is 1. The van der Waals surface area contributed by atoms with Crippen LogP contribution in [0, 0.1) is 0 Å². The van der Waals surface area contributed by atoms with Crippen molar-refractivity contribution in [3.63, 3.8) is 0 Å². The van der Waals surface area contributed by atoms with Gasteiger partial charge in [0, 0.05) is 22.1 Å². The van der Waals surface area contributed by atoms with Crippen molar-refractivity contribution in [3.05, 3.63) is 65.9 Å². The van der Waals surface area contributed by atoms with Crippen LogP contribution >= 0.6 is 0 Å². The first-order valence-corrected chi connectivity index (χ1v) is 10.8. The Balaban J connectivity index is 1.72. The number of hydrogen-bond acceptors (Lipinski definition) is 5. The lowest BCUT2D eigenvalue weighted by Gasteiger charge is -2.21. The number of hydrogen-bond donors (Lipinski definition) is 3. The molecule has 3 aromatic carbocycles. The minimum atomic E-state index is -0.634.